The molecule has 0 fully saturated rings. The van der Waals surface area contributed by atoms with E-state index in [-0.39, 0.29) is 5.54 Å². The molecule has 0 radical (unpaired) electrons. The predicted octanol–water partition coefficient (Wildman–Crippen LogP) is 2.83. The van der Waals surface area contributed by atoms with Crippen molar-refractivity contribution in [3.8, 4) is 0 Å². The van der Waals surface area contributed by atoms with Crippen molar-refractivity contribution in [3.63, 3.8) is 0 Å². The lowest BCUT2D eigenvalue weighted by atomic mass is 10.0. The zero-order chi connectivity index (χ0) is 11.1. The molecule has 0 saturated heterocycles. The van der Waals surface area contributed by atoms with E-state index in [1.54, 1.807) is 6.20 Å². The fourth-order valence-electron chi connectivity index (χ4n) is 1.61. The largest absolute Gasteiger partial charge is 0.326 e. The predicted molar refractivity (Wildman–Crippen MR) is 63.0 cm³/mol. The maximum Gasteiger partial charge on any atom is 0.112 e. The first-order chi connectivity index (χ1) is 7.00. The Kier molecular flexibility index (Phi) is 2.11. The van der Waals surface area contributed by atoms with Gasteiger partial charge in [0.05, 0.1) is 17.7 Å². The molecule has 15 heavy (non-hydrogen) atoms. The van der Waals surface area contributed by atoms with Gasteiger partial charge in [-0.25, -0.2) is 4.99 Å². The Morgan fingerprint density at radius 2 is 2.07 bits per heavy atom. The topological polar surface area (TPSA) is 28.5 Å². The summed E-state index contributed by atoms with van der Waals surface area (Å²) in [5.41, 5.74) is 2.65. The second-order valence-corrected chi connectivity index (χ2v) is 4.60. The zero-order valence-corrected chi connectivity index (χ0v) is 9.36. The second-order valence-electron chi connectivity index (χ2n) is 4.60. The molecule has 1 aromatic rings. The molecule has 0 atom stereocenters. The average molecular weight is 201 g/mol. The minimum atomic E-state index is -0.0181. The fraction of sp³-hybridized carbons (Fsp3) is 0.333. The van der Waals surface area contributed by atoms with Gasteiger partial charge in [-0.3, -0.25) is 4.98 Å². The van der Waals surface area contributed by atoms with Gasteiger partial charge >= 0.3 is 0 Å². The number of aromatic nitrogens is 1. The van der Waals surface area contributed by atoms with Crippen LogP contribution in [0.5, 0.6) is 0 Å². The van der Waals surface area contributed by atoms with Gasteiger partial charge in [-0.1, -0.05) is 6.58 Å². The van der Waals surface area contributed by atoms with Crippen molar-refractivity contribution in [1.82, 2.24) is 9.88 Å². The Morgan fingerprint density at radius 3 is 2.73 bits per heavy atom. The molecule has 0 unspecified atom stereocenters. The van der Waals surface area contributed by atoms with Gasteiger partial charge in [0.2, 0.25) is 0 Å². The summed E-state index contributed by atoms with van der Waals surface area (Å²) in [7, 11) is 0. The molecule has 0 spiro atoms. The summed E-state index contributed by atoms with van der Waals surface area (Å²) in [6.45, 7) is 10.4. The van der Waals surface area contributed by atoms with Gasteiger partial charge in [-0.2, -0.15) is 0 Å². The van der Waals surface area contributed by atoms with Gasteiger partial charge in [0.1, 0.15) is 5.69 Å². The first-order valence-corrected chi connectivity index (χ1v) is 4.98. The number of nitrogens with zero attached hydrogens (tertiary/aromatic N) is 3. The zero-order valence-electron chi connectivity index (χ0n) is 9.36. The van der Waals surface area contributed by atoms with E-state index >= 15 is 0 Å². The molecule has 3 nitrogen and oxygen atoms in total. The summed E-state index contributed by atoms with van der Waals surface area (Å²) in [4.78, 5) is 10.7. The normalized spacial score (nSPS) is 15.4. The van der Waals surface area contributed by atoms with E-state index in [2.05, 4.69) is 37.3 Å². The quantitative estimate of drug-likeness (QED) is 0.645. The van der Waals surface area contributed by atoms with Crippen LogP contribution in [0.15, 0.2) is 29.9 Å². The van der Waals surface area contributed by atoms with Crippen LogP contribution in [-0.4, -0.2) is 21.8 Å². The van der Waals surface area contributed by atoms with E-state index in [4.69, 9.17) is 0 Å². The Balaban J connectivity index is 2.46. The summed E-state index contributed by atoms with van der Waals surface area (Å²) in [5, 5.41) is 0. The Hall–Kier alpha value is -1.64. The molecule has 78 valence electrons. The molecule has 0 aliphatic carbocycles. The molecule has 0 amide bonds. The number of fused-ring (bicyclic) bond motifs is 1. The summed E-state index contributed by atoms with van der Waals surface area (Å²) >= 11 is 0. The van der Waals surface area contributed by atoms with E-state index in [1.165, 1.54) is 0 Å². The van der Waals surface area contributed by atoms with Crippen LogP contribution >= 0.6 is 0 Å². The van der Waals surface area contributed by atoms with Crippen molar-refractivity contribution >= 4 is 17.7 Å². The molecule has 1 aromatic heterocycles. The van der Waals surface area contributed by atoms with E-state index in [0.29, 0.717) is 0 Å². The molecule has 0 saturated carbocycles. The second kappa shape index (κ2) is 3.19. The van der Waals surface area contributed by atoms with Gasteiger partial charge in [0, 0.05) is 11.7 Å². The lowest BCUT2D eigenvalue weighted by Gasteiger charge is -2.37. The van der Waals surface area contributed by atoms with Crippen LogP contribution in [0.2, 0.25) is 0 Å². The number of hydrogen-bond acceptors (Lipinski definition) is 3. The molecule has 2 rings (SSSR count). The summed E-state index contributed by atoms with van der Waals surface area (Å²) in [6, 6.07) is 3.83. The minimum Gasteiger partial charge on any atom is -0.326 e. The Labute approximate surface area is 90.2 Å². The number of aliphatic imine (C=N–C) groups is 1. The van der Waals surface area contributed by atoms with Gasteiger partial charge in [0.25, 0.3) is 0 Å². The van der Waals surface area contributed by atoms with Crippen molar-refractivity contribution in [3.05, 3.63) is 30.6 Å². The molecule has 1 aliphatic rings. The molecule has 0 N–H and O–H groups in total. The molecule has 2 heterocycles. The minimum absolute atomic E-state index is 0.0181. The highest BCUT2D eigenvalue weighted by Gasteiger charge is 2.26. The number of rotatable bonds is 0. The van der Waals surface area contributed by atoms with E-state index < -0.39 is 0 Å². The van der Waals surface area contributed by atoms with Crippen molar-refractivity contribution in [2.24, 2.45) is 4.99 Å². The first-order valence-electron chi connectivity index (χ1n) is 4.98. The monoisotopic (exact) mass is 201 g/mol. The van der Waals surface area contributed by atoms with Crippen LogP contribution in [0.1, 0.15) is 26.5 Å². The molecule has 0 bridgehead atoms. The third kappa shape index (κ3) is 1.65. The molecular formula is C12H15N3. The first kappa shape index (κ1) is 9.90. The van der Waals surface area contributed by atoms with Crippen LogP contribution in [-0.2, 0) is 0 Å². The van der Waals surface area contributed by atoms with Crippen molar-refractivity contribution in [1.29, 1.82) is 0 Å². The van der Waals surface area contributed by atoms with Crippen LogP contribution in [0.25, 0.3) is 5.70 Å². The summed E-state index contributed by atoms with van der Waals surface area (Å²) in [6.07, 6.45) is 3.60. The van der Waals surface area contributed by atoms with Gasteiger partial charge < -0.3 is 4.90 Å². The molecular weight excluding hydrogens is 186 g/mol. The molecule has 0 aromatic carbocycles. The lowest BCUT2D eigenvalue weighted by Crippen LogP contribution is -2.39. The van der Waals surface area contributed by atoms with Crippen LogP contribution < -0.4 is 0 Å². The van der Waals surface area contributed by atoms with Crippen LogP contribution in [0, 0.1) is 0 Å². The maximum absolute atomic E-state index is 4.37. The molecule has 3 heteroatoms. The van der Waals surface area contributed by atoms with Crippen molar-refractivity contribution in [2.45, 2.75) is 26.3 Å². The SMILES string of the molecule is C=C1c2ncccc2N=CN1C(C)(C)C. The Bertz CT molecular complexity index is 427. The van der Waals surface area contributed by atoms with E-state index in [1.807, 2.05) is 23.4 Å². The molecule has 1 aliphatic heterocycles. The van der Waals surface area contributed by atoms with Crippen molar-refractivity contribution < 1.29 is 0 Å². The average Bonchev–Trinajstić information content (AvgIpc) is 2.16. The smallest absolute Gasteiger partial charge is 0.112 e. The van der Waals surface area contributed by atoms with Crippen molar-refractivity contribution in [2.75, 3.05) is 0 Å². The van der Waals surface area contributed by atoms with Crippen LogP contribution in [0.4, 0.5) is 5.69 Å². The lowest BCUT2D eigenvalue weighted by molar-refractivity contribution is 0.333. The third-order valence-corrected chi connectivity index (χ3v) is 2.39. The highest BCUT2D eigenvalue weighted by Crippen LogP contribution is 2.32. The van der Waals surface area contributed by atoms with Gasteiger partial charge in [0.15, 0.2) is 0 Å². The van der Waals surface area contributed by atoms with Crippen LogP contribution in [0.3, 0.4) is 0 Å². The van der Waals surface area contributed by atoms with E-state index in [9.17, 15) is 0 Å². The van der Waals surface area contributed by atoms with Gasteiger partial charge in [-0.05, 0) is 32.9 Å². The number of hydrogen-bond donors (Lipinski definition) is 0. The standard InChI is InChI=1S/C12H15N3/c1-9-11-10(6-5-7-13-11)14-8-15(9)12(2,3)4/h5-8H,1H2,2-4H3. The highest BCUT2D eigenvalue weighted by molar-refractivity contribution is 5.85. The third-order valence-electron chi connectivity index (χ3n) is 2.39. The highest BCUT2D eigenvalue weighted by atomic mass is 15.2. The Morgan fingerprint density at radius 1 is 1.33 bits per heavy atom. The fourth-order valence-corrected chi connectivity index (χ4v) is 1.61. The van der Waals surface area contributed by atoms with E-state index in [0.717, 1.165) is 17.1 Å². The van der Waals surface area contributed by atoms with Gasteiger partial charge in [-0.15, -0.1) is 0 Å². The maximum atomic E-state index is 4.37. The summed E-state index contributed by atoms with van der Waals surface area (Å²) < 4.78 is 0. The number of pyridine rings is 1. The summed E-state index contributed by atoms with van der Waals surface area (Å²) in [5.74, 6) is 0.